The highest BCUT2D eigenvalue weighted by atomic mass is 32.1. The van der Waals surface area contributed by atoms with Crippen molar-refractivity contribution in [3.05, 3.63) is 131 Å². The number of carbonyl (C=O) groups excluding carboxylic acids is 3. The second kappa shape index (κ2) is 16.1. The Hall–Kier alpha value is -6.10. The maximum atomic E-state index is 13.4. The molecular weight excluding hydrogens is 737 g/mol. The number of nitrogens with zero attached hydrogens (tertiary/aromatic N) is 7. The van der Waals surface area contributed by atoms with E-state index in [0.717, 1.165) is 11.1 Å². The molecule has 0 spiro atoms. The minimum atomic E-state index is -0.805. The Kier molecular flexibility index (Phi) is 10.9. The van der Waals surface area contributed by atoms with Crippen molar-refractivity contribution in [3.8, 4) is 0 Å². The largest absolute Gasteiger partial charge is 0.360 e. The summed E-state index contributed by atoms with van der Waals surface area (Å²) >= 11 is 2.62. The number of hydrogen-bond acceptors (Lipinski definition) is 10. The molecule has 7 rings (SSSR count). The average Bonchev–Trinajstić information content (AvgIpc) is 3.97. The van der Waals surface area contributed by atoms with E-state index in [0.29, 0.717) is 63.1 Å². The summed E-state index contributed by atoms with van der Waals surface area (Å²) in [6.45, 7) is 8.88. The molecule has 3 N–H and O–H groups in total. The number of aromatic nitrogens is 7. The molecule has 1 unspecified atom stereocenters. The first-order valence-electron chi connectivity index (χ1n) is 17.5. The zero-order valence-electron chi connectivity index (χ0n) is 30.6. The van der Waals surface area contributed by atoms with E-state index >= 15 is 0 Å². The molecule has 280 valence electrons. The monoisotopic (exact) mass is 775 g/mol. The molecule has 0 aliphatic heterocycles. The lowest BCUT2D eigenvalue weighted by atomic mass is 10.0. The molecule has 0 bridgehead atoms. The van der Waals surface area contributed by atoms with E-state index in [4.69, 9.17) is 9.72 Å². The first-order chi connectivity index (χ1) is 26.5. The Morgan fingerprint density at radius 1 is 0.818 bits per heavy atom. The summed E-state index contributed by atoms with van der Waals surface area (Å²) in [5.74, 6) is -0.670. The zero-order valence-corrected chi connectivity index (χ0v) is 32.2. The summed E-state index contributed by atoms with van der Waals surface area (Å²) in [5.41, 5.74) is 4.10. The van der Waals surface area contributed by atoms with Crippen molar-refractivity contribution in [2.24, 2.45) is 0 Å². The van der Waals surface area contributed by atoms with Crippen LogP contribution < -0.4 is 20.5 Å². The molecule has 16 heteroatoms. The summed E-state index contributed by atoms with van der Waals surface area (Å²) in [7, 11) is 0. The Morgan fingerprint density at radius 2 is 1.44 bits per heavy atom. The van der Waals surface area contributed by atoms with Gasteiger partial charge >= 0.3 is 0 Å². The van der Waals surface area contributed by atoms with Crippen LogP contribution in [0, 0.1) is 0 Å². The van der Waals surface area contributed by atoms with Crippen LogP contribution in [0.3, 0.4) is 0 Å². The number of ether oxygens (including phenoxy) is 1. The lowest BCUT2D eigenvalue weighted by Crippen LogP contribution is -2.47. The van der Waals surface area contributed by atoms with Gasteiger partial charge in [-0.2, -0.15) is 4.98 Å². The van der Waals surface area contributed by atoms with Gasteiger partial charge in [-0.05, 0) is 68.3 Å². The van der Waals surface area contributed by atoms with E-state index in [-0.39, 0.29) is 23.8 Å². The van der Waals surface area contributed by atoms with Crippen LogP contribution in [0.15, 0.2) is 103 Å². The van der Waals surface area contributed by atoms with Gasteiger partial charge in [-0.25, -0.2) is 19.5 Å². The van der Waals surface area contributed by atoms with Crippen molar-refractivity contribution in [2.45, 2.75) is 59.0 Å². The fourth-order valence-corrected chi connectivity index (χ4v) is 7.77. The SMILES string of the molecule is CC(=O)Nc1ccc(Cn2cccc2C(=O)Nc2nc(C(C)(C[n+]3ccc(Cn4cccc4C(=O)Nc4nc5nccnc5s4)cc3)OC(C)C)cs2)cc1. The van der Waals surface area contributed by atoms with E-state index in [2.05, 4.69) is 30.9 Å². The number of benzene rings is 1. The molecule has 1 aromatic carbocycles. The third kappa shape index (κ3) is 9.00. The van der Waals surface area contributed by atoms with Crippen molar-refractivity contribution < 1.29 is 23.7 Å². The maximum absolute atomic E-state index is 13.4. The van der Waals surface area contributed by atoms with Crippen molar-refractivity contribution in [3.63, 3.8) is 0 Å². The van der Waals surface area contributed by atoms with Gasteiger partial charge in [0.2, 0.25) is 5.91 Å². The van der Waals surface area contributed by atoms with Crippen LogP contribution in [0.2, 0.25) is 0 Å². The molecule has 1 atom stereocenters. The van der Waals surface area contributed by atoms with Crippen molar-refractivity contribution in [1.82, 2.24) is 29.1 Å². The summed E-state index contributed by atoms with van der Waals surface area (Å²) in [6.07, 6.45) is 10.8. The zero-order chi connectivity index (χ0) is 38.5. The van der Waals surface area contributed by atoms with Crippen LogP contribution in [-0.2, 0) is 34.8 Å². The smallest absolute Gasteiger partial charge is 0.274 e. The molecule has 0 aliphatic carbocycles. The standard InChI is InChI=1S/C39H38N10O4S2/c1-25(2)53-39(4,32-23-54-37(43-32)45-34(51)30-7-5-17-48(30)21-27-9-11-29(12-10-27)42-26(3)50)24-47-19-13-28(14-20-47)22-49-18-6-8-31(49)35(52)46-38-44-33-36(55-38)41-16-15-40-33/h5-20,23,25H,21-22,24H2,1-4H3,(H2-,40,42,43,44,45,46,50,51,52)/p+1. The lowest BCUT2D eigenvalue weighted by molar-refractivity contribution is -0.712. The van der Waals surface area contributed by atoms with Crippen LogP contribution in [-0.4, -0.2) is 52.9 Å². The number of hydrogen-bond donors (Lipinski definition) is 3. The molecule has 0 aliphatic rings. The van der Waals surface area contributed by atoms with Crippen molar-refractivity contribution >= 4 is 66.8 Å². The first kappa shape index (κ1) is 37.2. The number of thiazole rings is 2. The second-order valence-corrected chi connectivity index (χ2v) is 15.2. The minimum absolute atomic E-state index is 0.0891. The van der Waals surface area contributed by atoms with Gasteiger partial charge < -0.3 is 19.2 Å². The maximum Gasteiger partial charge on any atom is 0.274 e. The van der Waals surface area contributed by atoms with Crippen molar-refractivity contribution in [2.75, 3.05) is 16.0 Å². The molecule has 55 heavy (non-hydrogen) atoms. The van der Waals surface area contributed by atoms with Crippen LogP contribution in [0.5, 0.6) is 0 Å². The number of carbonyl (C=O) groups is 3. The number of pyridine rings is 1. The minimum Gasteiger partial charge on any atom is -0.360 e. The predicted octanol–water partition coefficient (Wildman–Crippen LogP) is 6.33. The van der Waals surface area contributed by atoms with Crippen LogP contribution in [0.25, 0.3) is 10.5 Å². The van der Waals surface area contributed by atoms with Crippen LogP contribution in [0.1, 0.15) is 65.5 Å². The number of anilines is 3. The Bertz CT molecular complexity index is 2420. The highest BCUT2D eigenvalue weighted by molar-refractivity contribution is 7.21. The number of rotatable bonds is 14. The van der Waals surface area contributed by atoms with Gasteiger partial charge in [-0.3, -0.25) is 25.0 Å². The fourth-order valence-electron chi connectivity index (χ4n) is 6.18. The Balaban J connectivity index is 0.993. The molecule has 14 nitrogen and oxygen atoms in total. The molecule has 6 heterocycles. The van der Waals surface area contributed by atoms with Gasteiger partial charge in [0.05, 0.1) is 11.8 Å². The van der Waals surface area contributed by atoms with E-state index in [9.17, 15) is 14.4 Å². The lowest BCUT2D eigenvalue weighted by Gasteiger charge is -2.27. The molecule has 6 aromatic heterocycles. The molecule has 0 saturated carbocycles. The molecule has 0 radical (unpaired) electrons. The van der Waals surface area contributed by atoms with Gasteiger partial charge in [-0.1, -0.05) is 23.5 Å². The van der Waals surface area contributed by atoms with Crippen molar-refractivity contribution in [1.29, 1.82) is 0 Å². The first-order valence-corrected chi connectivity index (χ1v) is 19.2. The fraction of sp³-hybridized carbons (Fsp3) is 0.231. The Morgan fingerprint density at radius 3 is 2.05 bits per heavy atom. The number of amides is 3. The molecule has 3 amide bonds. The summed E-state index contributed by atoms with van der Waals surface area (Å²) in [6, 6.07) is 18.8. The molecular formula is C39H39N10O4S2+. The quantitative estimate of drug-likeness (QED) is 0.108. The van der Waals surface area contributed by atoms with Gasteiger partial charge in [-0.15, -0.1) is 11.3 Å². The van der Waals surface area contributed by atoms with Crippen LogP contribution >= 0.6 is 22.7 Å². The predicted molar refractivity (Wildman–Crippen MR) is 211 cm³/mol. The van der Waals surface area contributed by atoms with E-state index < -0.39 is 5.60 Å². The molecule has 7 aromatic rings. The highest BCUT2D eigenvalue weighted by Gasteiger charge is 2.36. The average molecular weight is 776 g/mol. The van der Waals surface area contributed by atoms with Gasteiger partial charge in [0.15, 0.2) is 45.3 Å². The van der Waals surface area contributed by atoms with E-state index in [1.54, 1.807) is 24.5 Å². The highest BCUT2D eigenvalue weighted by Crippen LogP contribution is 2.31. The molecule has 0 fully saturated rings. The Labute approximate surface area is 324 Å². The van der Waals surface area contributed by atoms with E-state index in [1.165, 1.54) is 29.6 Å². The van der Waals surface area contributed by atoms with Gasteiger partial charge in [0.25, 0.3) is 11.8 Å². The van der Waals surface area contributed by atoms with E-state index in [1.807, 2.05) is 113 Å². The number of nitrogens with one attached hydrogen (secondary N) is 3. The third-order valence-corrected chi connectivity index (χ3v) is 10.2. The van der Waals surface area contributed by atoms with Gasteiger partial charge in [0.1, 0.15) is 11.4 Å². The van der Waals surface area contributed by atoms with Crippen LogP contribution in [0.4, 0.5) is 16.0 Å². The summed E-state index contributed by atoms with van der Waals surface area (Å²) in [5, 5.41) is 11.4. The normalized spacial score (nSPS) is 12.5. The second-order valence-electron chi connectivity index (χ2n) is 13.3. The van der Waals surface area contributed by atoms with Gasteiger partial charge in [0, 0.05) is 68.0 Å². The third-order valence-electron chi connectivity index (χ3n) is 8.58. The summed E-state index contributed by atoms with van der Waals surface area (Å²) < 4.78 is 12.3. The molecule has 0 saturated heterocycles. The topological polar surface area (TPSA) is 162 Å². The summed E-state index contributed by atoms with van der Waals surface area (Å²) in [4.78, 5) is 56.2. The number of fused-ring (bicyclic) bond motifs is 1.